The molecule has 1 N–H and O–H groups in total. The van der Waals surface area contributed by atoms with Crippen LogP contribution in [0.1, 0.15) is 27.8 Å². The highest BCUT2D eigenvalue weighted by molar-refractivity contribution is 7.89. The van der Waals surface area contributed by atoms with Crippen LogP contribution < -0.4 is 5.43 Å². The average molecular weight is 519 g/mol. The number of nitrogens with zero attached hydrogens (tertiary/aromatic N) is 3. The van der Waals surface area contributed by atoms with Crippen LogP contribution in [-0.2, 0) is 21.4 Å². The summed E-state index contributed by atoms with van der Waals surface area (Å²) in [4.78, 5) is 16.8. The molecule has 1 amide bonds. The zero-order valence-electron chi connectivity index (χ0n) is 18.9. The fraction of sp³-hybridized carbons (Fsp3) is 0.208. The Morgan fingerprint density at radius 3 is 2.29 bits per heavy atom. The van der Waals surface area contributed by atoms with Crippen LogP contribution >= 0.6 is 23.2 Å². The molecular formula is C24H24Cl2N4O3S. The second-order valence-electron chi connectivity index (χ2n) is 7.82. The molecule has 0 saturated heterocycles. The number of rotatable bonds is 8. The molecule has 0 bridgehead atoms. The second-order valence-corrected chi connectivity index (χ2v) is 10.5. The van der Waals surface area contributed by atoms with E-state index < -0.39 is 22.5 Å². The van der Waals surface area contributed by atoms with E-state index in [1.807, 2.05) is 6.92 Å². The molecule has 0 atom stereocenters. The minimum Gasteiger partial charge on any atom is -0.272 e. The lowest BCUT2D eigenvalue weighted by Crippen LogP contribution is -2.39. The number of benzene rings is 2. The van der Waals surface area contributed by atoms with Gasteiger partial charge in [-0.3, -0.25) is 9.78 Å². The first-order valence-corrected chi connectivity index (χ1v) is 12.5. The van der Waals surface area contributed by atoms with E-state index in [9.17, 15) is 13.2 Å². The zero-order chi connectivity index (χ0) is 24.9. The van der Waals surface area contributed by atoms with Crippen molar-refractivity contribution in [3.05, 3.63) is 92.7 Å². The highest BCUT2D eigenvalue weighted by Gasteiger charge is 2.30. The second kappa shape index (κ2) is 11.1. The quantitative estimate of drug-likeness (QED) is 0.346. The Kier molecular flexibility index (Phi) is 8.43. The van der Waals surface area contributed by atoms with E-state index in [0.29, 0.717) is 26.7 Å². The Morgan fingerprint density at radius 2 is 1.68 bits per heavy atom. The topological polar surface area (TPSA) is 91.7 Å². The van der Waals surface area contributed by atoms with Crippen LogP contribution in [0.4, 0.5) is 0 Å². The van der Waals surface area contributed by atoms with Gasteiger partial charge in [-0.05, 0) is 67.3 Å². The Balaban J connectivity index is 1.91. The van der Waals surface area contributed by atoms with Gasteiger partial charge in [-0.1, -0.05) is 47.0 Å². The highest BCUT2D eigenvalue weighted by Crippen LogP contribution is 2.28. The van der Waals surface area contributed by atoms with Crippen LogP contribution in [0, 0.1) is 20.8 Å². The monoisotopic (exact) mass is 518 g/mol. The van der Waals surface area contributed by atoms with Gasteiger partial charge in [-0.2, -0.15) is 9.41 Å². The van der Waals surface area contributed by atoms with E-state index in [2.05, 4.69) is 15.5 Å². The molecule has 0 fully saturated rings. The normalized spacial score (nSPS) is 11.8. The van der Waals surface area contributed by atoms with Crippen molar-refractivity contribution >= 4 is 45.3 Å². The van der Waals surface area contributed by atoms with Gasteiger partial charge in [0.05, 0.1) is 27.7 Å². The number of amides is 1. The summed E-state index contributed by atoms with van der Waals surface area (Å²) in [6.07, 6.45) is 4.65. The minimum absolute atomic E-state index is 0.0759. The summed E-state index contributed by atoms with van der Waals surface area (Å²) in [5.74, 6) is -0.587. The number of hydrogen-bond donors (Lipinski definition) is 1. The number of hydrogen-bond acceptors (Lipinski definition) is 5. The predicted octanol–water partition coefficient (Wildman–Crippen LogP) is 4.65. The van der Waals surface area contributed by atoms with Crippen LogP contribution in [0.25, 0.3) is 0 Å². The van der Waals surface area contributed by atoms with Crippen molar-refractivity contribution in [1.29, 1.82) is 0 Å². The van der Waals surface area contributed by atoms with Crippen LogP contribution in [0.2, 0.25) is 10.0 Å². The number of aromatic nitrogens is 1. The van der Waals surface area contributed by atoms with Gasteiger partial charge >= 0.3 is 0 Å². The van der Waals surface area contributed by atoms with Crippen molar-refractivity contribution < 1.29 is 13.2 Å². The van der Waals surface area contributed by atoms with Gasteiger partial charge in [0.1, 0.15) is 0 Å². The van der Waals surface area contributed by atoms with E-state index in [-0.39, 0.29) is 11.4 Å². The SMILES string of the molecule is Cc1cc(C)c(S(=O)(=O)N(CC(=O)N/N=C/c2ccncc2)Cc2ccc(Cl)c(Cl)c2)c(C)c1. The summed E-state index contributed by atoms with van der Waals surface area (Å²) in [5.41, 5.74) is 5.88. The Hall–Kier alpha value is -2.78. The molecule has 0 unspecified atom stereocenters. The van der Waals surface area contributed by atoms with Gasteiger partial charge in [0.25, 0.3) is 5.91 Å². The van der Waals surface area contributed by atoms with Crippen LogP contribution in [0.15, 0.2) is 64.9 Å². The van der Waals surface area contributed by atoms with Crippen molar-refractivity contribution in [1.82, 2.24) is 14.7 Å². The van der Waals surface area contributed by atoms with Crippen molar-refractivity contribution in [2.75, 3.05) is 6.54 Å². The first kappa shape index (κ1) is 25.8. The van der Waals surface area contributed by atoms with Crippen LogP contribution in [0.3, 0.4) is 0 Å². The number of carbonyl (C=O) groups excluding carboxylic acids is 1. The van der Waals surface area contributed by atoms with Gasteiger partial charge in [0.2, 0.25) is 10.0 Å². The fourth-order valence-electron chi connectivity index (χ4n) is 3.59. The first-order chi connectivity index (χ1) is 16.1. The molecular weight excluding hydrogens is 495 g/mol. The van der Waals surface area contributed by atoms with Gasteiger partial charge < -0.3 is 0 Å². The molecule has 178 valence electrons. The summed E-state index contributed by atoms with van der Waals surface area (Å²) >= 11 is 12.1. The van der Waals surface area contributed by atoms with Crippen molar-refractivity contribution in [2.45, 2.75) is 32.2 Å². The molecule has 0 aliphatic heterocycles. The van der Waals surface area contributed by atoms with Gasteiger partial charge in [-0.15, -0.1) is 0 Å². The largest absolute Gasteiger partial charge is 0.272 e. The van der Waals surface area contributed by atoms with Gasteiger partial charge in [0.15, 0.2) is 0 Å². The zero-order valence-corrected chi connectivity index (χ0v) is 21.2. The Labute approximate surface area is 209 Å². The number of sulfonamides is 1. The highest BCUT2D eigenvalue weighted by atomic mass is 35.5. The average Bonchev–Trinajstić information content (AvgIpc) is 2.75. The molecule has 2 aromatic carbocycles. The molecule has 0 radical (unpaired) electrons. The predicted molar refractivity (Wildman–Crippen MR) is 135 cm³/mol. The lowest BCUT2D eigenvalue weighted by molar-refractivity contribution is -0.121. The summed E-state index contributed by atoms with van der Waals surface area (Å²) in [5, 5.41) is 4.57. The van der Waals surface area contributed by atoms with Gasteiger partial charge in [0, 0.05) is 18.9 Å². The van der Waals surface area contributed by atoms with Crippen molar-refractivity contribution in [3.8, 4) is 0 Å². The molecule has 0 saturated carbocycles. The summed E-state index contributed by atoms with van der Waals surface area (Å²) in [6.45, 7) is 4.86. The van der Waals surface area contributed by atoms with Crippen LogP contribution in [0.5, 0.6) is 0 Å². The number of aryl methyl sites for hydroxylation is 3. The summed E-state index contributed by atoms with van der Waals surface area (Å²) in [7, 11) is -4.04. The summed E-state index contributed by atoms with van der Waals surface area (Å²) < 4.78 is 28.5. The summed E-state index contributed by atoms with van der Waals surface area (Å²) in [6, 6.07) is 11.9. The maximum atomic E-state index is 13.7. The molecule has 3 aromatic rings. The molecule has 0 spiro atoms. The smallest absolute Gasteiger partial charge is 0.255 e. The lowest BCUT2D eigenvalue weighted by atomic mass is 10.1. The Morgan fingerprint density at radius 1 is 1.03 bits per heavy atom. The molecule has 7 nitrogen and oxygen atoms in total. The van der Waals surface area contributed by atoms with E-state index in [1.54, 1.807) is 68.7 Å². The molecule has 0 aliphatic rings. The molecule has 1 heterocycles. The van der Waals surface area contributed by atoms with E-state index in [0.717, 1.165) is 15.4 Å². The van der Waals surface area contributed by atoms with Crippen molar-refractivity contribution in [2.24, 2.45) is 5.10 Å². The van der Waals surface area contributed by atoms with E-state index in [4.69, 9.17) is 23.2 Å². The number of hydrazone groups is 1. The molecule has 3 rings (SSSR count). The Bertz CT molecular complexity index is 1310. The third-order valence-electron chi connectivity index (χ3n) is 4.97. The third-order valence-corrected chi connectivity index (χ3v) is 7.81. The maximum absolute atomic E-state index is 13.7. The van der Waals surface area contributed by atoms with Gasteiger partial charge in [-0.25, -0.2) is 13.8 Å². The standard InChI is InChI=1S/C24H24Cl2N4O3S/c1-16-10-17(2)24(18(3)11-16)34(32,33)30(14-20-4-5-21(25)22(26)12-20)15-23(31)29-28-13-19-6-8-27-9-7-19/h4-13H,14-15H2,1-3H3,(H,29,31)/b28-13+. The number of nitrogens with one attached hydrogen (secondary N) is 1. The lowest BCUT2D eigenvalue weighted by Gasteiger charge is -2.24. The van der Waals surface area contributed by atoms with Crippen molar-refractivity contribution in [3.63, 3.8) is 0 Å². The molecule has 0 aliphatic carbocycles. The number of carbonyl (C=O) groups is 1. The van der Waals surface area contributed by atoms with Crippen LogP contribution in [-0.4, -0.2) is 36.4 Å². The number of halogens is 2. The fourth-order valence-corrected chi connectivity index (χ4v) is 5.71. The molecule has 1 aromatic heterocycles. The minimum atomic E-state index is -4.04. The van der Waals surface area contributed by atoms with E-state index in [1.165, 1.54) is 6.21 Å². The molecule has 10 heteroatoms. The third kappa shape index (κ3) is 6.42. The number of pyridine rings is 1. The first-order valence-electron chi connectivity index (χ1n) is 10.3. The maximum Gasteiger partial charge on any atom is 0.255 e. The molecule has 34 heavy (non-hydrogen) atoms. The van der Waals surface area contributed by atoms with E-state index >= 15 is 0 Å².